The molecule has 2 aromatic carbocycles. The zero-order chi connectivity index (χ0) is 19.9. The Kier molecular flexibility index (Phi) is 7.07. The summed E-state index contributed by atoms with van der Waals surface area (Å²) in [5, 5.41) is 9.79. The second-order valence-corrected chi connectivity index (χ2v) is 7.07. The normalized spacial score (nSPS) is 12.9. The monoisotopic (exact) mass is 372 g/mol. The van der Waals surface area contributed by atoms with Gasteiger partial charge in [-0.2, -0.15) is 0 Å². The molecule has 1 aliphatic heterocycles. The molecule has 0 aliphatic carbocycles. The van der Waals surface area contributed by atoms with Gasteiger partial charge in [-0.25, -0.2) is 4.79 Å². The van der Waals surface area contributed by atoms with Crippen molar-refractivity contribution in [2.45, 2.75) is 32.9 Å². The Bertz CT molecular complexity index is 742. The molecule has 146 valence electrons. The van der Waals surface area contributed by atoms with Crippen LogP contribution in [0, 0.1) is 0 Å². The molecule has 0 radical (unpaired) electrons. The van der Waals surface area contributed by atoms with Crippen molar-refractivity contribution >= 4 is 17.5 Å². The van der Waals surface area contributed by atoms with E-state index >= 15 is 0 Å². The van der Waals surface area contributed by atoms with Crippen molar-refractivity contribution in [2.75, 3.05) is 30.5 Å². The van der Waals surface area contributed by atoms with E-state index in [1.165, 1.54) is 5.56 Å². The minimum Gasteiger partial charge on any atom is -0.490 e. The third-order valence-corrected chi connectivity index (χ3v) is 3.78. The fraction of sp³-hybridized carbons (Fsp3) is 0.381. The first-order valence-electron chi connectivity index (χ1n) is 8.91. The van der Waals surface area contributed by atoms with Crippen LogP contribution in [-0.4, -0.2) is 37.1 Å². The first kappa shape index (κ1) is 20.6. The number of rotatable bonds is 3. The molecule has 6 heteroatoms. The van der Waals surface area contributed by atoms with Crippen LogP contribution >= 0.6 is 0 Å². The number of anilines is 2. The number of fused-ring (bicyclic) bond motifs is 1. The lowest BCUT2D eigenvalue weighted by molar-refractivity contribution is 0.0636. The number of hydrogen-bond acceptors (Lipinski definition) is 5. The molecule has 0 bridgehead atoms. The van der Waals surface area contributed by atoms with Gasteiger partial charge >= 0.3 is 6.09 Å². The molecule has 27 heavy (non-hydrogen) atoms. The molecule has 0 saturated carbocycles. The second kappa shape index (κ2) is 9.28. The predicted octanol–water partition coefficient (Wildman–Crippen LogP) is 4.04. The van der Waals surface area contributed by atoms with Gasteiger partial charge in [0.1, 0.15) is 18.0 Å². The zero-order valence-corrected chi connectivity index (χ0v) is 16.4. The van der Waals surface area contributed by atoms with Crippen LogP contribution in [-0.2, 0) is 11.3 Å². The minimum atomic E-state index is -0.527. The lowest BCUT2D eigenvalue weighted by atomic mass is 10.1. The van der Waals surface area contributed by atoms with Gasteiger partial charge in [-0.05, 0) is 44.5 Å². The highest BCUT2D eigenvalue weighted by Crippen LogP contribution is 2.35. The molecule has 0 saturated heterocycles. The summed E-state index contributed by atoms with van der Waals surface area (Å²) in [6, 6.07) is 16.0. The van der Waals surface area contributed by atoms with E-state index in [-0.39, 0.29) is 0 Å². The summed E-state index contributed by atoms with van der Waals surface area (Å²) in [7, 11) is 1.00. The fourth-order valence-electron chi connectivity index (χ4n) is 2.74. The maximum absolute atomic E-state index is 12.0. The van der Waals surface area contributed by atoms with Crippen LogP contribution in [0.25, 0.3) is 0 Å². The summed E-state index contributed by atoms with van der Waals surface area (Å²) in [4.78, 5) is 14.2. The van der Waals surface area contributed by atoms with E-state index in [0.717, 1.165) is 31.6 Å². The number of carbonyl (C=O) groups excluding carboxylic acids is 1. The van der Waals surface area contributed by atoms with Crippen molar-refractivity contribution in [3.63, 3.8) is 0 Å². The van der Waals surface area contributed by atoms with E-state index in [1.54, 1.807) is 0 Å². The molecule has 0 atom stereocenters. The van der Waals surface area contributed by atoms with Crippen molar-refractivity contribution < 1.29 is 19.4 Å². The molecule has 2 N–H and O–H groups in total. The van der Waals surface area contributed by atoms with Gasteiger partial charge in [0.05, 0.1) is 12.2 Å². The van der Waals surface area contributed by atoms with Crippen LogP contribution in [0.15, 0.2) is 48.5 Å². The van der Waals surface area contributed by atoms with Gasteiger partial charge in [0.15, 0.2) is 0 Å². The average molecular weight is 372 g/mol. The molecular weight excluding hydrogens is 344 g/mol. The van der Waals surface area contributed by atoms with E-state index in [4.69, 9.17) is 14.6 Å². The van der Waals surface area contributed by atoms with Crippen LogP contribution in [0.1, 0.15) is 26.3 Å². The fourth-order valence-corrected chi connectivity index (χ4v) is 2.74. The minimum absolute atomic E-state index is 0.459. The first-order valence-corrected chi connectivity index (χ1v) is 8.91. The standard InChI is InChI=1S/C20H24N2O3.CH4O/c1-20(2,3)25-19(23)21-16-9-10-18-17(13-16)22(11-12-24-18)14-15-7-5-4-6-8-15;1-2/h4-10,13H,11-12,14H2,1-3H3,(H,21,23);2H,1H3. The van der Waals surface area contributed by atoms with Crippen molar-refractivity contribution in [1.82, 2.24) is 0 Å². The van der Waals surface area contributed by atoms with E-state index in [9.17, 15) is 4.79 Å². The summed E-state index contributed by atoms with van der Waals surface area (Å²) in [5.74, 6) is 0.830. The smallest absolute Gasteiger partial charge is 0.412 e. The quantitative estimate of drug-likeness (QED) is 0.851. The molecule has 3 rings (SSSR count). The highest BCUT2D eigenvalue weighted by atomic mass is 16.6. The van der Waals surface area contributed by atoms with Crippen molar-refractivity contribution in [2.24, 2.45) is 0 Å². The van der Waals surface area contributed by atoms with Gasteiger partial charge in [-0.3, -0.25) is 5.32 Å². The van der Waals surface area contributed by atoms with Crippen LogP contribution in [0.4, 0.5) is 16.2 Å². The van der Waals surface area contributed by atoms with Crippen LogP contribution in [0.5, 0.6) is 5.75 Å². The zero-order valence-electron chi connectivity index (χ0n) is 16.4. The number of nitrogens with one attached hydrogen (secondary N) is 1. The molecule has 1 heterocycles. The van der Waals surface area contributed by atoms with Gasteiger partial charge in [-0.1, -0.05) is 30.3 Å². The topological polar surface area (TPSA) is 71.0 Å². The van der Waals surface area contributed by atoms with Gasteiger partial charge in [0.2, 0.25) is 0 Å². The first-order chi connectivity index (χ1) is 12.9. The number of nitrogens with zero attached hydrogens (tertiary/aromatic N) is 1. The number of ether oxygens (including phenoxy) is 2. The molecule has 0 fully saturated rings. The number of hydrogen-bond donors (Lipinski definition) is 2. The molecular formula is C21H28N2O4. The Balaban J connectivity index is 0.00000126. The summed E-state index contributed by atoms with van der Waals surface area (Å²) in [6.07, 6.45) is -0.459. The maximum Gasteiger partial charge on any atom is 0.412 e. The molecule has 0 unspecified atom stereocenters. The van der Waals surface area contributed by atoms with Crippen molar-refractivity contribution in [1.29, 1.82) is 0 Å². The largest absolute Gasteiger partial charge is 0.490 e. The van der Waals surface area contributed by atoms with E-state index in [1.807, 2.05) is 57.2 Å². The SMILES string of the molecule is CC(C)(C)OC(=O)Nc1ccc2c(c1)N(Cc1ccccc1)CCO2.CO. The Labute approximate surface area is 160 Å². The molecule has 0 spiro atoms. The third-order valence-electron chi connectivity index (χ3n) is 3.78. The summed E-state index contributed by atoms with van der Waals surface area (Å²) < 4.78 is 11.1. The van der Waals surface area contributed by atoms with Crippen LogP contribution < -0.4 is 15.0 Å². The number of amides is 1. The molecule has 6 nitrogen and oxygen atoms in total. The van der Waals surface area contributed by atoms with E-state index in [2.05, 4.69) is 22.3 Å². The molecule has 1 aliphatic rings. The second-order valence-electron chi connectivity index (χ2n) is 7.07. The molecule has 1 amide bonds. The highest BCUT2D eigenvalue weighted by molar-refractivity contribution is 5.86. The third kappa shape index (κ3) is 6.18. The van der Waals surface area contributed by atoms with E-state index < -0.39 is 11.7 Å². The summed E-state index contributed by atoms with van der Waals surface area (Å²) in [5.41, 5.74) is 2.38. The number of benzene rings is 2. The van der Waals surface area contributed by atoms with Crippen LogP contribution in [0.2, 0.25) is 0 Å². The van der Waals surface area contributed by atoms with Crippen molar-refractivity contribution in [3.05, 3.63) is 54.1 Å². The average Bonchev–Trinajstić information content (AvgIpc) is 2.63. The van der Waals surface area contributed by atoms with Gasteiger partial charge in [0, 0.05) is 19.3 Å². The lowest BCUT2D eigenvalue weighted by Gasteiger charge is -2.31. The Morgan fingerprint density at radius 3 is 2.56 bits per heavy atom. The predicted molar refractivity (Wildman–Crippen MR) is 107 cm³/mol. The van der Waals surface area contributed by atoms with E-state index in [0.29, 0.717) is 12.3 Å². The Morgan fingerprint density at radius 1 is 1.19 bits per heavy atom. The number of carbonyl (C=O) groups is 1. The molecule has 2 aromatic rings. The van der Waals surface area contributed by atoms with Gasteiger partial charge in [-0.15, -0.1) is 0 Å². The Hall–Kier alpha value is -2.73. The van der Waals surface area contributed by atoms with Crippen molar-refractivity contribution in [3.8, 4) is 5.75 Å². The van der Waals surface area contributed by atoms with Gasteiger partial charge < -0.3 is 19.5 Å². The highest BCUT2D eigenvalue weighted by Gasteiger charge is 2.20. The number of aliphatic hydroxyl groups excluding tert-OH is 1. The molecule has 0 aromatic heterocycles. The Morgan fingerprint density at radius 2 is 1.89 bits per heavy atom. The number of aliphatic hydroxyl groups is 1. The van der Waals surface area contributed by atoms with Crippen LogP contribution in [0.3, 0.4) is 0 Å². The van der Waals surface area contributed by atoms with Gasteiger partial charge in [0.25, 0.3) is 0 Å². The maximum atomic E-state index is 12.0. The lowest BCUT2D eigenvalue weighted by Crippen LogP contribution is -2.32. The summed E-state index contributed by atoms with van der Waals surface area (Å²) in [6.45, 7) is 7.78. The summed E-state index contributed by atoms with van der Waals surface area (Å²) >= 11 is 0.